The number of fused-ring (bicyclic) bond motifs is 1. The minimum absolute atomic E-state index is 0.103. The summed E-state index contributed by atoms with van der Waals surface area (Å²) in [7, 11) is 0. The van der Waals surface area contributed by atoms with Crippen molar-refractivity contribution < 1.29 is 14.5 Å². The second kappa shape index (κ2) is 2.69. The number of hydrogen-bond acceptors (Lipinski definition) is 1. The number of benzene rings is 1. The molecule has 2 rings (SSSR count). The van der Waals surface area contributed by atoms with E-state index in [-0.39, 0.29) is 11.6 Å². The SMILES string of the molecule is Cc1cc(O)c2cc(F)ccc2[nH+]1. The first-order valence-corrected chi connectivity index (χ1v) is 3.98. The number of nitrogens with one attached hydrogen (secondary N) is 1. The fourth-order valence-corrected chi connectivity index (χ4v) is 1.37. The third-order valence-electron chi connectivity index (χ3n) is 1.94. The van der Waals surface area contributed by atoms with Crippen molar-refractivity contribution in [2.24, 2.45) is 0 Å². The summed E-state index contributed by atoms with van der Waals surface area (Å²) in [6.45, 7) is 1.84. The van der Waals surface area contributed by atoms with Gasteiger partial charge in [-0.3, -0.25) is 0 Å². The molecule has 0 spiro atoms. The summed E-state index contributed by atoms with van der Waals surface area (Å²) in [5, 5.41) is 10.00. The van der Waals surface area contributed by atoms with Crippen molar-refractivity contribution in [3.05, 3.63) is 35.8 Å². The Hall–Kier alpha value is -1.64. The highest BCUT2D eigenvalue weighted by Crippen LogP contribution is 2.22. The van der Waals surface area contributed by atoms with Crippen LogP contribution in [0, 0.1) is 12.7 Å². The third kappa shape index (κ3) is 1.33. The normalized spacial score (nSPS) is 10.6. The zero-order valence-corrected chi connectivity index (χ0v) is 7.13. The summed E-state index contributed by atoms with van der Waals surface area (Å²) in [5.74, 6) is -0.245. The molecule has 0 aliphatic carbocycles. The molecule has 0 amide bonds. The highest BCUT2D eigenvalue weighted by atomic mass is 19.1. The van der Waals surface area contributed by atoms with E-state index >= 15 is 0 Å². The molecule has 0 atom stereocenters. The van der Waals surface area contributed by atoms with Gasteiger partial charge in [-0.25, -0.2) is 9.37 Å². The van der Waals surface area contributed by atoms with Crippen molar-refractivity contribution in [1.29, 1.82) is 0 Å². The average molecular weight is 178 g/mol. The Labute approximate surface area is 74.7 Å². The number of aromatic amines is 1. The lowest BCUT2D eigenvalue weighted by molar-refractivity contribution is -0.354. The lowest BCUT2D eigenvalue weighted by Gasteiger charge is -1.96. The quantitative estimate of drug-likeness (QED) is 0.655. The first-order valence-electron chi connectivity index (χ1n) is 3.98. The lowest BCUT2D eigenvalue weighted by Crippen LogP contribution is -2.07. The molecular formula is C10H9FNO+. The highest BCUT2D eigenvalue weighted by Gasteiger charge is 2.08. The summed E-state index contributed by atoms with van der Waals surface area (Å²) in [5.41, 5.74) is 1.58. The Morgan fingerprint density at radius 2 is 2.08 bits per heavy atom. The molecule has 0 saturated carbocycles. The van der Waals surface area contributed by atoms with Crippen molar-refractivity contribution in [1.82, 2.24) is 0 Å². The number of hydrogen-bond donors (Lipinski definition) is 1. The van der Waals surface area contributed by atoms with Crippen LogP contribution >= 0.6 is 0 Å². The topological polar surface area (TPSA) is 34.4 Å². The fraction of sp³-hybridized carbons (Fsp3) is 0.100. The number of rotatable bonds is 0. The standard InChI is InChI=1S/C10H8FNO/c1-6-4-10(13)8-5-7(11)2-3-9(8)12-6/h2-5H,1H3,(H,12,13)/p+1. The van der Waals surface area contributed by atoms with Crippen LogP contribution in [0.25, 0.3) is 10.9 Å². The molecule has 0 radical (unpaired) electrons. The number of aromatic nitrogens is 1. The Kier molecular flexibility index (Phi) is 1.65. The first kappa shape index (κ1) is 7.98. The number of pyridine rings is 1. The second-order valence-corrected chi connectivity index (χ2v) is 3.03. The smallest absolute Gasteiger partial charge is 0.214 e. The number of aromatic hydroxyl groups is 1. The number of halogens is 1. The van der Waals surface area contributed by atoms with E-state index in [9.17, 15) is 9.50 Å². The summed E-state index contributed by atoms with van der Waals surface area (Å²) in [6, 6.07) is 5.84. The van der Waals surface area contributed by atoms with Gasteiger partial charge >= 0.3 is 0 Å². The van der Waals surface area contributed by atoms with Gasteiger partial charge in [-0.15, -0.1) is 0 Å². The molecule has 2 N–H and O–H groups in total. The fourth-order valence-electron chi connectivity index (χ4n) is 1.37. The van der Waals surface area contributed by atoms with E-state index in [1.54, 1.807) is 12.1 Å². The van der Waals surface area contributed by atoms with E-state index in [0.29, 0.717) is 5.39 Å². The Balaban J connectivity index is 2.87. The predicted molar refractivity (Wildman–Crippen MR) is 46.9 cm³/mol. The van der Waals surface area contributed by atoms with Gasteiger partial charge in [-0.2, -0.15) is 0 Å². The minimum Gasteiger partial charge on any atom is -0.507 e. The average Bonchev–Trinajstić information content (AvgIpc) is 2.06. The Bertz CT molecular complexity index is 468. The van der Waals surface area contributed by atoms with Gasteiger partial charge < -0.3 is 5.11 Å². The van der Waals surface area contributed by atoms with Crippen molar-refractivity contribution in [2.75, 3.05) is 0 Å². The van der Waals surface area contributed by atoms with Gasteiger partial charge in [0.05, 0.1) is 5.39 Å². The molecular weight excluding hydrogens is 169 g/mol. The summed E-state index contributed by atoms with van der Waals surface area (Å²) >= 11 is 0. The molecule has 0 saturated heterocycles. The number of aryl methyl sites for hydroxylation is 1. The molecule has 1 aromatic carbocycles. The van der Waals surface area contributed by atoms with E-state index < -0.39 is 0 Å². The van der Waals surface area contributed by atoms with Crippen LogP contribution in [0.3, 0.4) is 0 Å². The molecule has 0 aliphatic heterocycles. The first-order chi connectivity index (χ1) is 6.16. The van der Waals surface area contributed by atoms with E-state index in [1.807, 2.05) is 6.92 Å². The van der Waals surface area contributed by atoms with Crippen LogP contribution in [-0.4, -0.2) is 5.11 Å². The van der Waals surface area contributed by atoms with Gasteiger partial charge in [0.15, 0.2) is 5.69 Å². The molecule has 2 nitrogen and oxygen atoms in total. The van der Waals surface area contributed by atoms with Gasteiger partial charge in [0.25, 0.3) is 0 Å². The molecule has 0 fully saturated rings. The van der Waals surface area contributed by atoms with Crippen molar-refractivity contribution in [3.63, 3.8) is 0 Å². The van der Waals surface area contributed by atoms with E-state index in [2.05, 4.69) is 4.98 Å². The zero-order valence-electron chi connectivity index (χ0n) is 7.13. The van der Waals surface area contributed by atoms with Gasteiger partial charge in [0, 0.05) is 19.1 Å². The van der Waals surface area contributed by atoms with Crippen LogP contribution in [0.1, 0.15) is 5.69 Å². The van der Waals surface area contributed by atoms with E-state index in [1.165, 1.54) is 12.1 Å². The molecule has 1 aromatic heterocycles. The van der Waals surface area contributed by atoms with Crippen molar-refractivity contribution >= 4 is 10.9 Å². The molecule has 0 bridgehead atoms. The van der Waals surface area contributed by atoms with E-state index in [4.69, 9.17) is 0 Å². The van der Waals surface area contributed by atoms with Crippen molar-refractivity contribution in [2.45, 2.75) is 6.92 Å². The van der Waals surface area contributed by atoms with Crippen LogP contribution in [0.15, 0.2) is 24.3 Å². The number of H-pyrrole nitrogens is 1. The highest BCUT2D eigenvalue weighted by molar-refractivity contribution is 5.81. The zero-order chi connectivity index (χ0) is 9.42. The summed E-state index contributed by atoms with van der Waals surface area (Å²) < 4.78 is 12.8. The van der Waals surface area contributed by atoms with E-state index in [0.717, 1.165) is 11.2 Å². The van der Waals surface area contributed by atoms with Crippen LogP contribution in [0.4, 0.5) is 4.39 Å². The largest absolute Gasteiger partial charge is 0.507 e. The Morgan fingerprint density at radius 1 is 1.31 bits per heavy atom. The molecule has 66 valence electrons. The monoisotopic (exact) mass is 178 g/mol. The van der Waals surface area contributed by atoms with Crippen LogP contribution in [-0.2, 0) is 0 Å². The second-order valence-electron chi connectivity index (χ2n) is 3.03. The predicted octanol–water partition coefficient (Wildman–Crippen LogP) is 1.81. The molecule has 13 heavy (non-hydrogen) atoms. The molecule has 0 unspecified atom stereocenters. The maximum Gasteiger partial charge on any atom is 0.214 e. The van der Waals surface area contributed by atoms with Gasteiger partial charge in [-0.1, -0.05) is 0 Å². The van der Waals surface area contributed by atoms with Crippen LogP contribution < -0.4 is 4.98 Å². The molecule has 1 heterocycles. The third-order valence-corrected chi connectivity index (χ3v) is 1.94. The molecule has 3 heteroatoms. The van der Waals surface area contributed by atoms with Gasteiger partial charge in [0.1, 0.15) is 11.6 Å². The maximum atomic E-state index is 12.8. The molecule has 2 aromatic rings. The maximum absolute atomic E-state index is 12.8. The van der Waals surface area contributed by atoms with Crippen molar-refractivity contribution in [3.8, 4) is 5.75 Å². The summed E-state index contributed by atoms with van der Waals surface area (Å²) in [6.07, 6.45) is 0. The minimum atomic E-state index is -0.347. The Morgan fingerprint density at radius 3 is 2.85 bits per heavy atom. The van der Waals surface area contributed by atoms with Gasteiger partial charge in [0.2, 0.25) is 5.52 Å². The van der Waals surface area contributed by atoms with Crippen LogP contribution in [0.5, 0.6) is 5.75 Å². The van der Waals surface area contributed by atoms with Crippen LogP contribution in [0.2, 0.25) is 0 Å². The molecule has 0 aliphatic rings. The summed E-state index contributed by atoms with van der Waals surface area (Å²) in [4.78, 5) is 3.03. The lowest BCUT2D eigenvalue weighted by atomic mass is 10.2. The van der Waals surface area contributed by atoms with Gasteiger partial charge in [-0.05, 0) is 12.1 Å².